The van der Waals surface area contributed by atoms with E-state index in [0.29, 0.717) is 5.41 Å². The van der Waals surface area contributed by atoms with E-state index in [2.05, 4.69) is 11.9 Å². The van der Waals surface area contributed by atoms with Gasteiger partial charge >= 0.3 is 0 Å². The Balaban J connectivity index is 1.99. The second-order valence-corrected chi connectivity index (χ2v) is 4.31. The van der Waals surface area contributed by atoms with Gasteiger partial charge in [0.2, 0.25) is 0 Å². The van der Waals surface area contributed by atoms with Gasteiger partial charge in [-0.25, -0.2) is 4.39 Å². The van der Waals surface area contributed by atoms with Crippen LogP contribution in [0.3, 0.4) is 0 Å². The molecule has 12 heavy (non-hydrogen) atoms. The molecular formula is C10H16FN. The van der Waals surface area contributed by atoms with Crippen molar-refractivity contribution in [3.63, 3.8) is 0 Å². The van der Waals surface area contributed by atoms with Crippen LogP contribution in [0.5, 0.6) is 0 Å². The van der Waals surface area contributed by atoms with Gasteiger partial charge in [-0.3, -0.25) is 0 Å². The molecule has 0 amide bonds. The summed E-state index contributed by atoms with van der Waals surface area (Å²) in [4.78, 5) is 0. The smallest absolute Gasteiger partial charge is 0.100 e. The number of rotatable bonds is 0. The van der Waals surface area contributed by atoms with Crippen molar-refractivity contribution >= 4 is 0 Å². The highest BCUT2D eigenvalue weighted by atomic mass is 19.1. The van der Waals surface area contributed by atoms with Crippen LogP contribution in [0.15, 0.2) is 12.3 Å². The largest absolute Gasteiger partial charge is 0.388 e. The van der Waals surface area contributed by atoms with E-state index in [0.717, 1.165) is 44.3 Å². The molecule has 2 heteroatoms. The van der Waals surface area contributed by atoms with Gasteiger partial charge < -0.3 is 5.32 Å². The highest BCUT2D eigenvalue weighted by molar-refractivity contribution is 5.08. The van der Waals surface area contributed by atoms with E-state index in [-0.39, 0.29) is 0 Å². The standard InChI is InChI=1S/C10H16FN/c1-8-6-10(7-12-8)4-2-9(11)3-5-10/h9,12H,1-7H2. The van der Waals surface area contributed by atoms with Crippen LogP contribution in [0.25, 0.3) is 0 Å². The fourth-order valence-electron chi connectivity index (χ4n) is 2.44. The summed E-state index contributed by atoms with van der Waals surface area (Å²) in [6.45, 7) is 4.94. The van der Waals surface area contributed by atoms with Gasteiger partial charge in [0, 0.05) is 12.2 Å². The lowest BCUT2D eigenvalue weighted by Crippen LogP contribution is -2.30. The van der Waals surface area contributed by atoms with Crippen LogP contribution in [0.2, 0.25) is 0 Å². The number of nitrogens with one attached hydrogen (secondary N) is 1. The first-order chi connectivity index (χ1) is 5.70. The Labute approximate surface area is 73.0 Å². The van der Waals surface area contributed by atoms with Gasteiger partial charge in [0.1, 0.15) is 6.17 Å². The number of halogens is 1. The van der Waals surface area contributed by atoms with Crippen LogP contribution < -0.4 is 5.32 Å². The molecule has 0 unspecified atom stereocenters. The summed E-state index contributed by atoms with van der Waals surface area (Å²) in [5.74, 6) is 0. The molecule has 0 aromatic carbocycles. The van der Waals surface area contributed by atoms with E-state index < -0.39 is 6.17 Å². The maximum Gasteiger partial charge on any atom is 0.100 e. The fraction of sp³-hybridized carbons (Fsp3) is 0.800. The van der Waals surface area contributed by atoms with Crippen molar-refractivity contribution in [1.82, 2.24) is 5.32 Å². The molecule has 0 aromatic rings. The van der Waals surface area contributed by atoms with Crippen LogP contribution in [0.4, 0.5) is 4.39 Å². The van der Waals surface area contributed by atoms with Gasteiger partial charge in [-0.05, 0) is 37.5 Å². The second-order valence-electron chi connectivity index (χ2n) is 4.31. The number of hydrogen-bond acceptors (Lipinski definition) is 1. The van der Waals surface area contributed by atoms with E-state index in [1.807, 2.05) is 0 Å². The van der Waals surface area contributed by atoms with E-state index >= 15 is 0 Å². The lowest BCUT2D eigenvalue weighted by Gasteiger charge is -2.33. The van der Waals surface area contributed by atoms with Gasteiger partial charge in [0.05, 0.1) is 0 Å². The SMILES string of the molecule is C=C1CC2(CCC(F)CC2)CN1. The Morgan fingerprint density at radius 2 is 2.08 bits per heavy atom. The van der Waals surface area contributed by atoms with Crippen LogP contribution in [-0.4, -0.2) is 12.7 Å². The number of allylic oxidation sites excluding steroid dienone is 1. The quantitative estimate of drug-likeness (QED) is 0.587. The van der Waals surface area contributed by atoms with Crippen molar-refractivity contribution < 1.29 is 4.39 Å². The van der Waals surface area contributed by atoms with Gasteiger partial charge in [-0.1, -0.05) is 6.58 Å². The maximum absolute atomic E-state index is 12.9. The van der Waals surface area contributed by atoms with E-state index in [9.17, 15) is 4.39 Å². The molecule has 1 saturated carbocycles. The molecule has 1 aliphatic heterocycles. The van der Waals surface area contributed by atoms with Crippen LogP contribution >= 0.6 is 0 Å². The molecule has 1 spiro atoms. The molecule has 0 radical (unpaired) electrons. The third-order valence-electron chi connectivity index (χ3n) is 3.28. The third-order valence-corrected chi connectivity index (χ3v) is 3.28. The molecule has 2 aliphatic rings. The minimum Gasteiger partial charge on any atom is -0.388 e. The molecule has 1 N–H and O–H groups in total. The Hall–Kier alpha value is -0.530. The number of hydrogen-bond donors (Lipinski definition) is 1. The van der Waals surface area contributed by atoms with Crippen LogP contribution in [0, 0.1) is 5.41 Å². The zero-order valence-corrected chi connectivity index (χ0v) is 7.41. The first-order valence-corrected chi connectivity index (χ1v) is 4.76. The van der Waals surface area contributed by atoms with Crippen molar-refractivity contribution in [2.75, 3.05) is 6.54 Å². The summed E-state index contributed by atoms with van der Waals surface area (Å²) < 4.78 is 12.9. The topological polar surface area (TPSA) is 12.0 Å². The van der Waals surface area contributed by atoms with Crippen molar-refractivity contribution in [2.24, 2.45) is 5.41 Å². The summed E-state index contributed by atoms with van der Waals surface area (Å²) in [6, 6.07) is 0. The maximum atomic E-state index is 12.9. The zero-order valence-electron chi connectivity index (χ0n) is 7.41. The second kappa shape index (κ2) is 2.75. The van der Waals surface area contributed by atoms with Crippen molar-refractivity contribution in [2.45, 2.75) is 38.3 Å². The average molecular weight is 169 g/mol. The molecule has 1 nitrogen and oxygen atoms in total. The van der Waals surface area contributed by atoms with E-state index in [1.165, 1.54) is 0 Å². The van der Waals surface area contributed by atoms with Crippen molar-refractivity contribution in [3.05, 3.63) is 12.3 Å². The van der Waals surface area contributed by atoms with Gasteiger partial charge in [0.15, 0.2) is 0 Å². The summed E-state index contributed by atoms with van der Waals surface area (Å²) >= 11 is 0. The van der Waals surface area contributed by atoms with E-state index in [4.69, 9.17) is 0 Å². The Morgan fingerprint density at radius 1 is 1.42 bits per heavy atom. The Morgan fingerprint density at radius 3 is 2.58 bits per heavy atom. The monoisotopic (exact) mass is 169 g/mol. The average Bonchev–Trinajstić information content (AvgIpc) is 2.40. The van der Waals surface area contributed by atoms with Gasteiger partial charge in [-0.15, -0.1) is 0 Å². The van der Waals surface area contributed by atoms with E-state index in [1.54, 1.807) is 0 Å². The van der Waals surface area contributed by atoms with Crippen LogP contribution in [0.1, 0.15) is 32.1 Å². The normalized spacial score (nSPS) is 41.8. The van der Waals surface area contributed by atoms with Crippen LogP contribution in [-0.2, 0) is 0 Å². The molecule has 0 bridgehead atoms. The molecule has 0 aromatic heterocycles. The summed E-state index contributed by atoms with van der Waals surface area (Å²) in [5.41, 5.74) is 1.52. The predicted molar refractivity (Wildman–Crippen MR) is 47.6 cm³/mol. The molecule has 1 heterocycles. The molecule has 2 fully saturated rings. The minimum absolute atomic E-state index is 0.375. The summed E-state index contributed by atoms with van der Waals surface area (Å²) in [7, 11) is 0. The van der Waals surface area contributed by atoms with Crippen molar-refractivity contribution in [3.8, 4) is 0 Å². The molecule has 1 aliphatic carbocycles. The fourth-order valence-corrected chi connectivity index (χ4v) is 2.44. The molecule has 1 saturated heterocycles. The minimum atomic E-state index is -0.538. The molecule has 2 rings (SSSR count). The highest BCUT2D eigenvalue weighted by Gasteiger charge is 2.38. The first-order valence-electron chi connectivity index (χ1n) is 4.76. The van der Waals surface area contributed by atoms with Gasteiger partial charge in [0.25, 0.3) is 0 Å². The Kier molecular flexibility index (Phi) is 1.85. The first kappa shape index (κ1) is 8.09. The van der Waals surface area contributed by atoms with Crippen molar-refractivity contribution in [1.29, 1.82) is 0 Å². The molecule has 68 valence electrons. The molecule has 0 atom stereocenters. The predicted octanol–water partition coefficient (Wildman–Crippen LogP) is 2.39. The Bertz CT molecular complexity index is 192. The summed E-state index contributed by atoms with van der Waals surface area (Å²) in [5, 5.41) is 3.28. The lowest BCUT2D eigenvalue weighted by atomic mass is 9.73. The number of alkyl halides is 1. The molecular weight excluding hydrogens is 153 g/mol. The third kappa shape index (κ3) is 1.35. The zero-order chi connectivity index (χ0) is 8.60. The van der Waals surface area contributed by atoms with Gasteiger partial charge in [-0.2, -0.15) is 0 Å². The summed E-state index contributed by atoms with van der Waals surface area (Å²) in [6.07, 6.45) is 4.13. The highest BCUT2D eigenvalue weighted by Crippen LogP contribution is 2.44. The lowest BCUT2D eigenvalue weighted by molar-refractivity contribution is 0.139.